The standard InChI is InChI=1S/C13H22N/c1-3-5-6-7-9-13-10-8-11-14(4-2)12-13/h8,10-12H,3-7,9H2,1-2H3/q+1. The van der Waals surface area contributed by atoms with Crippen LogP contribution >= 0.6 is 0 Å². The van der Waals surface area contributed by atoms with Crippen molar-refractivity contribution in [3.8, 4) is 0 Å². The second-order valence-electron chi connectivity index (χ2n) is 3.85. The molecule has 0 bridgehead atoms. The van der Waals surface area contributed by atoms with Gasteiger partial charge >= 0.3 is 0 Å². The Hall–Kier alpha value is -0.850. The van der Waals surface area contributed by atoms with Crippen LogP contribution in [0.25, 0.3) is 0 Å². The van der Waals surface area contributed by atoms with Gasteiger partial charge < -0.3 is 0 Å². The Balaban J connectivity index is 2.34. The molecule has 0 amide bonds. The number of nitrogens with zero attached hydrogens (tertiary/aromatic N) is 1. The maximum Gasteiger partial charge on any atom is 0.171 e. The highest BCUT2D eigenvalue weighted by Crippen LogP contribution is 2.05. The summed E-state index contributed by atoms with van der Waals surface area (Å²) in [5.74, 6) is 0. The fourth-order valence-corrected chi connectivity index (χ4v) is 1.68. The minimum Gasteiger partial charge on any atom is -0.205 e. The second-order valence-corrected chi connectivity index (χ2v) is 3.85. The van der Waals surface area contributed by atoms with Crippen LogP contribution in [-0.2, 0) is 13.0 Å². The molecular formula is C13H22N+. The van der Waals surface area contributed by atoms with Crippen LogP contribution in [0.4, 0.5) is 0 Å². The first kappa shape index (κ1) is 11.2. The number of hydrogen-bond acceptors (Lipinski definition) is 0. The summed E-state index contributed by atoms with van der Waals surface area (Å²) in [4.78, 5) is 0. The highest BCUT2D eigenvalue weighted by atomic mass is 14.9. The minimum absolute atomic E-state index is 1.07. The van der Waals surface area contributed by atoms with Crippen molar-refractivity contribution >= 4 is 0 Å². The van der Waals surface area contributed by atoms with Gasteiger partial charge in [-0.15, -0.1) is 0 Å². The smallest absolute Gasteiger partial charge is 0.171 e. The molecular weight excluding hydrogens is 170 g/mol. The molecule has 0 N–H and O–H groups in total. The number of rotatable bonds is 6. The van der Waals surface area contributed by atoms with E-state index in [9.17, 15) is 0 Å². The van der Waals surface area contributed by atoms with Crippen molar-refractivity contribution in [1.82, 2.24) is 0 Å². The molecule has 0 fully saturated rings. The van der Waals surface area contributed by atoms with Gasteiger partial charge in [-0.3, -0.25) is 0 Å². The normalized spacial score (nSPS) is 10.4. The van der Waals surface area contributed by atoms with Crippen LogP contribution in [0.2, 0.25) is 0 Å². The molecule has 1 heterocycles. The van der Waals surface area contributed by atoms with E-state index in [1.165, 1.54) is 37.7 Å². The maximum absolute atomic E-state index is 2.27. The van der Waals surface area contributed by atoms with E-state index < -0.39 is 0 Å². The van der Waals surface area contributed by atoms with Crippen molar-refractivity contribution in [2.45, 2.75) is 52.5 Å². The average Bonchev–Trinajstić information content (AvgIpc) is 2.25. The summed E-state index contributed by atoms with van der Waals surface area (Å²) in [5, 5.41) is 0. The molecule has 0 radical (unpaired) electrons. The van der Waals surface area contributed by atoms with Crippen molar-refractivity contribution in [2.24, 2.45) is 0 Å². The molecule has 0 unspecified atom stereocenters. The molecule has 0 aliphatic heterocycles. The van der Waals surface area contributed by atoms with E-state index in [0.717, 1.165) is 6.54 Å². The zero-order valence-electron chi connectivity index (χ0n) is 9.50. The summed E-state index contributed by atoms with van der Waals surface area (Å²) in [7, 11) is 0. The zero-order valence-corrected chi connectivity index (χ0v) is 9.50. The van der Waals surface area contributed by atoms with Gasteiger partial charge in [-0.1, -0.05) is 26.2 Å². The summed E-state index contributed by atoms with van der Waals surface area (Å²) in [6.45, 7) is 5.51. The third kappa shape index (κ3) is 3.91. The summed E-state index contributed by atoms with van der Waals surface area (Å²) in [6, 6.07) is 4.39. The van der Waals surface area contributed by atoms with Crippen LogP contribution in [0.3, 0.4) is 0 Å². The predicted molar refractivity (Wildman–Crippen MR) is 60.2 cm³/mol. The average molecular weight is 192 g/mol. The maximum atomic E-state index is 2.27. The molecule has 0 spiro atoms. The van der Waals surface area contributed by atoms with E-state index in [1.54, 1.807) is 0 Å². The Kier molecular flexibility index (Phi) is 5.28. The van der Waals surface area contributed by atoms with E-state index >= 15 is 0 Å². The molecule has 1 aromatic rings. The van der Waals surface area contributed by atoms with Crippen LogP contribution in [0.15, 0.2) is 24.5 Å². The lowest BCUT2D eigenvalue weighted by molar-refractivity contribution is -0.694. The largest absolute Gasteiger partial charge is 0.205 e. The van der Waals surface area contributed by atoms with E-state index in [2.05, 4.69) is 42.9 Å². The molecule has 0 aliphatic rings. The van der Waals surface area contributed by atoms with E-state index in [0.29, 0.717) is 0 Å². The molecule has 0 aliphatic carbocycles. The lowest BCUT2D eigenvalue weighted by Crippen LogP contribution is -2.31. The first-order chi connectivity index (χ1) is 6.86. The molecule has 0 atom stereocenters. The fraction of sp³-hybridized carbons (Fsp3) is 0.615. The Bertz CT molecular complexity index is 255. The van der Waals surface area contributed by atoms with E-state index in [4.69, 9.17) is 0 Å². The van der Waals surface area contributed by atoms with Crippen LogP contribution in [-0.4, -0.2) is 0 Å². The highest BCUT2D eigenvalue weighted by Gasteiger charge is 1.99. The fourth-order valence-electron chi connectivity index (χ4n) is 1.68. The Morgan fingerprint density at radius 2 is 2.00 bits per heavy atom. The van der Waals surface area contributed by atoms with Crippen LogP contribution < -0.4 is 4.57 Å². The minimum atomic E-state index is 1.07. The van der Waals surface area contributed by atoms with Gasteiger partial charge in [0.2, 0.25) is 0 Å². The number of aromatic nitrogens is 1. The summed E-state index contributed by atoms with van der Waals surface area (Å²) >= 11 is 0. The Morgan fingerprint density at radius 3 is 2.71 bits per heavy atom. The molecule has 0 saturated carbocycles. The molecule has 0 aromatic carbocycles. The van der Waals surface area contributed by atoms with Gasteiger partial charge in [0.1, 0.15) is 6.54 Å². The van der Waals surface area contributed by atoms with E-state index in [-0.39, 0.29) is 0 Å². The van der Waals surface area contributed by atoms with Gasteiger partial charge in [0.15, 0.2) is 12.4 Å². The predicted octanol–water partition coefficient (Wildman–Crippen LogP) is 3.12. The van der Waals surface area contributed by atoms with Gasteiger partial charge in [0, 0.05) is 11.6 Å². The van der Waals surface area contributed by atoms with Crippen molar-refractivity contribution in [1.29, 1.82) is 0 Å². The van der Waals surface area contributed by atoms with Crippen LogP contribution in [0.1, 0.15) is 45.1 Å². The SMILES string of the molecule is CCCCCCc1ccc[n+](CC)c1. The van der Waals surface area contributed by atoms with Crippen molar-refractivity contribution in [3.05, 3.63) is 30.1 Å². The third-order valence-corrected chi connectivity index (χ3v) is 2.60. The van der Waals surface area contributed by atoms with Crippen LogP contribution in [0.5, 0.6) is 0 Å². The van der Waals surface area contributed by atoms with Crippen LogP contribution in [0, 0.1) is 0 Å². The summed E-state index contributed by atoms with van der Waals surface area (Å²) in [6.07, 6.45) is 11.0. The molecule has 0 saturated heterocycles. The monoisotopic (exact) mass is 192 g/mol. The van der Waals surface area contributed by atoms with Crippen molar-refractivity contribution in [3.63, 3.8) is 0 Å². The van der Waals surface area contributed by atoms with Crippen molar-refractivity contribution < 1.29 is 4.57 Å². The van der Waals surface area contributed by atoms with Gasteiger partial charge in [0.05, 0.1) is 0 Å². The molecule has 78 valence electrons. The van der Waals surface area contributed by atoms with Gasteiger partial charge in [0.25, 0.3) is 0 Å². The number of aryl methyl sites for hydroxylation is 2. The molecule has 1 nitrogen and oxygen atoms in total. The molecule has 1 rings (SSSR count). The zero-order chi connectivity index (χ0) is 10.2. The lowest BCUT2D eigenvalue weighted by atomic mass is 10.1. The second kappa shape index (κ2) is 6.58. The Morgan fingerprint density at radius 1 is 1.14 bits per heavy atom. The highest BCUT2D eigenvalue weighted by molar-refractivity contribution is 5.05. The number of hydrogen-bond donors (Lipinski definition) is 0. The van der Waals surface area contributed by atoms with Crippen molar-refractivity contribution in [2.75, 3.05) is 0 Å². The molecule has 1 aromatic heterocycles. The van der Waals surface area contributed by atoms with Gasteiger partial charge in [-0.05, 0) is 25.8 Å². The first-order valence-corrected chi connectivity index (χ1v) is 5.84. The lowest BCUT2D eigenvalue weighted by Gasteiger charge is -1.99. The molecule has 1 heteroatoms. The van der Waals surface area contributed by atoms with E-state index in [1.807, 2.05) is 0 Å². The number of pyridine rings is 1. The summed E-state index contributed by atoms with van der Waals surface area (Å²) in [5.41, 5.74) is 1.48. The quantitative estimate of drug-likeness (QED) is 0.481. The Labute approximate surface area is 87.8 Å². The summed E-state index contributed by atoms with van der Waals surface area (Å²) < 4.78 is 2.25. The first-order valence-electron chi connectivity index (χ1n) is 5.84. The van der Waals surface area contributed by atoms with Gasteiger partial charge in [-0.2, -0.15) is 0 Å². The van der Waals surface area contributed by atoms with Gasteiger partial charge in [-0.25, -0.2) is 4.57 Å². The topological polar surface area (TPSA) is 3.88 Å². The number of unbranched alkanes of at least 4 members (excludes halogenated alkanes) is 3. The molecule has 14 heavy (non-hydrogen) atoms. The third-order valence-electron chi connectivity index (χ3n) is 2.60.